The van der Waals surface area contributed by atoms with Crippen molar-refractivity contribution in [2.24, 2.45) is 29.4 Å². The first-order valence-corrected chi connectivity index (χ1v) is 17.8. The average molecular weight is 667 g/mol. The molecule has 7 N–H and O–H groups in total. The molecule has 0 saturated heterocycles. The Morgan fingerprint density at radius 3 is 1.23 bits per heavy atom. The van der Waals surface area contributed by atoms with Crippen molar-refractivity contribution in [1.29, 1.82) is 0 Å². The van der Waals surface area contributed by atoms with Gasteiger partial charge in [0.1, 0.15) is 24.2 Å². The predicted octanol–water partition coefficient (Wildman–Crippen LogP) is 3.46. The van der Waals surface area contributed by atoms with Gasteiger partial charge in [-0.15, -0.1) is 0 Å². The van der Waals surface area contributed by atoms with E-state index in [2.05, 4.69) is 33.5 Å². The molecule has 4 atom stereocenters. The van der Waals surface area contributed by atoms with E-state index in [4.69, 9.17) is 5.73 Å². The van der Waals surface area contributed by atoms with Crippen molar-refractivity contribution < 1.29 is 28.8 Å². The minimum atomic E-state index is -1.26. The molecule has 0 heterocycles. The molecule has 0 aliphatic carbocycles. The Bertz CT molecular complexity index is 984. The lowest BCUT2D eigenvalue weighted by molar-refractivity contribution is -0.136. The van der Waals surface area contributed by atoms with Crippen LogP contribution in [-0.4, -0.2) is 66.2 Å². The van der Waals surface area contributed by atoms with E-state index in [1.165, 1.54) is 44.9 Å². The second-order valence-corrected chi connectivity index (χ2v) is 14.0. The van der Waals surface area contributed by atoms with Crippen molar-refractivity contribution in [3.8, 4) is 0 Å². The van der Waals surface area contributed by atoms with Crippen LogP contribution >= 0.6 is 0 Å². The summed E-state index contributed by atoms with van der Waals surface area (Å²) in [6.07, 6.45) is 11.5. The minimum absolute atomic E-state index is 0.236. The highest BCUT2D eigenvalue weighted by atomic mass is 16.2. The summed E-state index contributed by atoms with van der Waals surface area (Å²) >= 11 is 0. The molecule has 0 bridgehead atoms. The Balaban J connectivity index is 5.11. The van der Waals surface area contributed by atoms with Gasteiger partial charge in [0.05, 0.1) is 6.42 Å². The number of hydrogen-bond donors (Lipinski definition) is 6. The Labute approximate surface area is 283 Å². The number of nitrogens with one attached hydrogen (secondary N) is 5. The van der Waals surface area contributed by atoms with E-state index in [-0.39, 0.29) is 30.1 Å². The standard InChI is InChI=1S/C35H66N6O6/c1-10-11-12-13-14-15-16-17-18-19-20-37-27(42)21-26(31(36)43)38-33(45)28(22(2)3)40-35(47)30(24(6)7)41-34(46)29(23(4)5)39-32(44)25(8)9/h22-26,28-30H,10-21H2,1-9H3,(H2,36,43)(H,37,42)(H,38,45)(H,39,44)(H,40,47)(H,41,46)/t26?,28-,29-,30+/m1/s1. The van der Waals surface area contributed by atoms with Gasteiger partial charge in [-0.25, -0.2) is 0 Å². The molecule has 0 fully saturated rings. The van der Waals surface area contributed by atoms with Crippen LogP contribution in [0.3, 0.4) is 0 Å². The molecular formula is C35H66N6O6. The first-order valence-electron chi connectivity index (χ1n) is 17.8. The highest BCUT2D eigenvalue weighted by molar-refractivity contribution is 5.96. The third-order valence-corrected chi connectivity index (χ3v) is 8.17. The van der Waals surface area contributed by atoms with E-state index in [0.29, 0.717) is 6.54 Å². The molecule has 0 aromatic rings. The number of nitrogens with two attached hydrogens (primary N) is 1. The highest BCUT2D eigenvalue weighted by Crippen LogP contribution is 2.12. The molecule has 0 rings (SSSR count). The fourth-order valence-corrected chi connectivity index (χ4v) is 4.99. The van der Waals surface area contributed by atoms with Gasteiger partial charge in [0.25, 0.3) is 0 Å². The summed E-state index contributed by atoms with van der Waals surface area (Å²) in [7, 11) is 0. The molecule has 12 nitrogen and oxygen atoms in total. The highest BCUT2D eigenvalue weighted by Gasteiger charge is 2.34. The summed E-state index contributed by atoms with van der Waals surface area (Å²) in [5.41, 5.74) is 5.52. The smallest absolute Gasteiger partial charge is 0.243 e. The van der Waals surface area contributed by atoms with E-state index in [0.717, 1.165) is 19.3 Å². The topological polar surface area (TPSA) is 189 Å². The Morgan fingerprint density at radius 1 is 0.511 bits per heavy atom. The normalized spacial score (nSPS) is 14.0. The molecule has 272 valence electrons. The van der Waals surface area contributed by atoms with Gasteiger partial charge in [-0.1, -0.05) is 120 Å². The molecule has 12 heteroatoms. The largest absolute Gasteiger partial charge is 0.368 e. The number of carbonyl (C=O) groups excluding carboxylic acids is 6. The molecule has 0 aromatic heterocycles. The molecule has 0 radical (unpaired) electrons. The Kier molecular flexibility index (Phi) is 22.4. The lowest BCUT2D eigenvalue weighted by Crippen LogP contribution is -2.61. The van der Waals surface area contributed by atoms with Crippen LogP contribution in [0.5, 0.6) is 0 Å². The van der Waals surface area contributed by atoms with E-state index in [9.17, 15) is 28.8 Å². The zero-order valence-electron chi connectivity index (χ0n) is 30.6. The van der Waals surface area contributed by atoms with Gasteiger partial charge in [-0.3, -0.25) is 28.8 Å². The van der Waals surface area contributed by atoms with Gasteiger partial charge < -0.3 is 32.3 Å². The van der Waals surface area contributed by atoms with Crippen molar-refractivity contribution in [2.45, 2.75) is 157 Å². The lowest BCUT2D eigenvalue weighted by atomic mass is 9.97. The van der Waals surface area contributed by atoms with Crippen molar-refractivity contribution in [3.05, 3.63) is 0 Å². The average Bonchev–Trinajstić information content (AvgIpc) is 2.98. The van der Waals surface area contributed by atoms with Gasteiger partial charge in [0, 0.05) is 12.5 Å². The van der Waals surface area contributed by atoms with Crippen LogP contribution in [0.25, 0.3) is 0 Å². The van der Waals surface area contributed by atoms with Crippen LogP contribution in [0.4, 0.5) is 0 Å². The molecule has 6 amide bonds. The number of rotatable bonds is 25. The Hall–Kier alpha value is -3.18. The van der Waals surface area contributed by atoms with Gasteiger partial charge in [-0.2, -0.15) is 0 Å². The van der Waals surface area contributed by atoms with Crippen molar-refractivity contribution in [1.82, 2.24) is 26.6 Å². The second-order valence-electron chi connectivity index (χ2n) is 14.0. The summed E-state index contributed by atoms with van der Waals surface area (Å²) in [5, 5.41) is 13.5. The number of primary amides is 1. The monoisotopic (exact) mass is 667 g/mol. The fourth-order valence-electron chi connectivity index (χ4n) is 4.99. The van der Waals surface area contributed by atoms with Crippen molar-refractivity contribution in [2.75, 3.05) is 6.54 Å². The van der Waals surface area contributed by atoms with Gasteiger partial charge in [0.15, 0.2) is 0 Å². The summed E-state index contributed by atoms with van der Waals surface area (Å²) in [5.74, 6) is -4.61. The third kappa shape index (κ3) is 18.7. The summed E-state index contributed by atoms with van der Waals surface area (Å²) in [6, 6.07) is -4.18. The quantitative estimate of drug-likeness (QED) is 0.0809. The number of hydrogen-bond acceptors (Lipinski definition) is 6. The zero-order chi connectivity index (χ0) is 36.1. The minimum Gasteiger partial charge on any atom is -0.368 e. The number of amides is 6. The molecule has 0 aliphatic rings. The molecule has 0 aromatic carbocycles. The summed E-state index contributed by atoms with van der Waals surface area (Å²) in [6.45, 7) is 16.7. The molecular weight excluding hydrogens is 600 g/mol. The maximum atomic E-state index is 13.4. The molecule has 0 spiro atoms. The Morgan fingerprint density at radius 2 is 0.872 bits per heavy atom. The number of unbranched alkanes of at least 4 members (excludes halogenated alkanes) is 9. The SMILES string of the molecule is CCCCCCCCCCCCNC(=O)CC(NC(=O)[C@H](NC(=O)[C@@H](NC(=O)[C@H](NC(=O)C(C)C)C(C)C)C(C)C)C(C)C)C(N)=O. The van der Waals surface area contributed by atoms with Crippen molar-refractivity contribution in [3.63, 3.8) is 0 Å². The zero-order valence-corrected chi connectivity index (χ0v) is 30.6. The van der Waals surface area contributed by atoms with E-state index < -0.39 is 59.6 Å². The van der Waals surface area contributed by atoms with Crippen LogP contribution in [0.1, 0.15) is 133 Å². The fraction of sp³-hybridized carbons (Fsp3) is 0.829. The van der Waals surface area contributed by atoms with Crippen molar-refractivity contribution >= 4 is 35.4 Å². The first kappa shape index (κ1) is 43.8. The number of carbonyl (C=O) groups is 6. The van der Waals surface area contributed by atoms with Crippen LogP contribution in [-0.2, 0) is 28.8 Å². The maximum absolute atomic E-state index is 13.4. The molecule has 0 saturated carbocycles. The third-order valence-electron chi connectivity index (χ3n) is 8.17. The van der Waals surface area contributed by atoms with Gasteiger partial charge >= 0.3 is 0 Å². The predicted molar refractivity (Wildman–Crippen MR) is 186 cm³/mol. The lowest BCUT2D eigenvalue weighted by Gasteiger charge is -2.30. The van der Waals surface area contributed by atoms with Gasteiger partial charge in [0.2, 0.25) is 35.4 Å². The van der Waals surface area contributed by atoms with Gasteiger partial charge in [-0.05, 0) is 24.2 Å². The van der Waals surface area contributed by atoms with Crippen LogP contribution in [0.2, 0.25) is 0 Å². The second kappa shape index (κ2) is 24.0. The summed E-state index contributed by atoms with van der Waals surface area (Å²) < 4.78 is 0. The van der Waals surface area contributed by atoms with Crippen LogP contribution < -0.4 is 32.3 Å². The maximum Gasteiger partial charge on any atom is 0.243 e. The summed E-state index contributed by atoms with van der Waals surface area (Å²) in [4.78, 5) is 76.8. The molecule has 1 unspecified atom stereocenters. The van der Waals surface area contributed by atoms with E-state index in [1.807, 2.05) is 0 Å². The van der Waals surface area contributed by atoms with E-state index >= 15 is 0 Å². The van der Waals surface area contributed by atoms with Crippen LogP contribution in [0.15, 0.2) is 0 Å². The molecule has 47 heavy (non-hydrogen) atoms. The van der Waals surface area contributed by atoms with E-state index in [1.54, 1.807) is 55.4 Å². The van der Waals surface area contributed by atoms with Crippen LogP contribution in [0, 0.1) is 23.7 Å². The first-order chi connectivity index (χ1) is 22.0. The molecule has 0 aliphatic heterocycles.